The van der Waals surface area contributed by atoms with Crippen molar-refractivity contribution >= 4 is 5.95 Å². The Morgan fingerprint density at radius 1 is 1.22 bits per heavy atom. The van der Waals surface area contributed by atoms with Crippen LogP contribution in [0.3, 0.4) is 0 Å². The van der Waals surface area contributed by atoms with Crippen molar-refractivity contribution in [3.05, 3.63) is 6.07 Å². The molecule has 6 nitrogen and oxygen atoms in total. The van der Waals surface area contributed by atoms with Crippen LogP contribution in [0, 0.1) is 0 Å². The van der Waals surface area contributed by atoms with E-state index >= 15 is 0 Å². The fraction of sp³-hybridized carbons (Fsp3) is 0.667. The largest absolute Gasteiger partial charge is 0.481 e. The van der Waals surface area contributed by atoms with Gasteiger partial charge in [-0.25, -0.2) is 0 Å². The topological polar surface area (TPSA) is 79.5 Å². The van der Waals surface area contributed by atoms with E-state index in [1.54, 1.807) is 6.07 Å². The van der Waals surface area contributed by atoms with E-state index in [1.165, 1.54) is 7.11 Å². The van der Waals surface area contributed by atoms with Crippen LogP contribution in [0.4, 0.5) is 5.95 Å². The smallest absolute Gasteiger partial charge is 0.226 e. The maximum absolute atomic E-state index is 5.83. The summed E-state index contributed by atoms with van der Waals surface area (Å²) in [6.07, 6.45) is 2.16. The lowest BCUT2D eigenvalue weighted by Crippen LogP contribution is -2.35. The Kier molecular flexibility index (Phi) is 3.86. The Bertz CT molecular complexity index is 404. The predicted molar refractivity (Wildman–Crippen MR) is 66.7 cm³/mol. The number of nitrogen functional groups attached to an aromatic ring is 1. The van der Waals surface area contributed by atoms with Gasteiger partial charge in [-0.05, 0) is 13.8 Å². The molecule has 0 bridgehead atoms. The molecule has 0 aliphatic carbocycles. The third-order valence-corrected chi connectivity index (χ3v) is 2.85. The van der Waals surface area contributed by atoms with Crippen LogP contribution in [0.1, 0.15) is 26.7 Å². The van der Waals surface area contributed by atoms with Gasteiger partial charge in [0.15, 0.2) is 0 Å². The summed E-state index contributed by atoms with van der Waals surface area (Å²) in [4.78, 5) is 7.96. The van der Waals surface area contributed by atoms with E-state index in [0.717, 1.165) is 12.8 Å². The van der Waals surface area contributed by atoms with Crippen molar-refractivity contribution < 1.29 is 14.2 Å². The first-order valence-electron chi connectivity index (χ1n) is 6.07. The van der Waals surface area contributed by atoms with Gasteiger partial charge in [0.25, 0.3) is 0 Å². The summed E-state index contributed by atoms with van der Waals surface area (Å²) in [5.74, 6) is 1.01. The standard InChI is InChI=1S/C12H19N3O3/c1-7-4-9(5-8(2)17-7)18-11-6-10(16-3)14-12(13)15-11/h6-9H,4-5H2,1-3H3,(H2,13,14,15). The van der Waals surface area contributed by atoms with Crippen molar-refractivity contribution in [3.8, 4) is 11.8 Å². The molecular weight excluding hydrogens is 234 g/mol. The first kappa shape index (κ1) is 12.9. The van der Waals surface area contributed by atoms with Crippen molar-refractivity contribution in [1.29, 1.82) is 0 Å². The molecule has 0 saturated carbocycles. The van der Waals surface area contributed by atoms with Crippen LogP contribution in [-0.2, 0) is 4.74 Å². The molecule has 1 aliphatic rings. The van der Waals surface area contributed by atoms with Crippen molar-refractivity contribution in [1.82, 2.24) is 9.97 Å². The Morgan fingerprint density at radius 2 is 1.83 bits per heavy atom. The third-order valence-electron chi connectivity index (χ3n) is 2.85. The monoisotopic (exact) mass is 253 g/mol. The summed E-state index contributed by atoms with van der Waals surface area (Å²) in [5, 5.41) is 0. The lowest BCUT2D eigenvalue weighted by molar-refractivity contribution is -0.0729. The molecule has 2 unspecified atom stereocenters. The predicted octanol–water partition coefficient (Wildman–Crippen LogP) is 1.40. The maximum atomic E-state index is 5.83. The van der Waals surface area contributed by atoms with Crippen molar-refractivity contribution in [2.24, 2.45) is 0 Å². The molecule has 2 rings (SSSR count). The van der Waals surface area contributed by atoms with Crippen LogP contribution in [-0.4, -0.2) is 35.4 Å². The van der Waals surface area contributed by atoms with Crippen LogP contribution in [0.2, 0.25) is 0 Å². The first-order valence-corrected chi connectivity index (χ1v) is 6.07. The van der Waals surface area contributed by atoms with Crippen LogP contribution < -0.4 is 15.2 Å². The average molecular weight is 253 g/mol. The van der Waals surface area contributed by atoms with Gasteiger partial charge in [0.1, 0.15) is 6.10 Å². The zero-order valence-electron chi connectivity index (χ0n) is 10.9. The van der Waals surface area contributed by atoms with Crippen molar-refractivity contribution in [2.45, 2.75) is 45.0 Å². The number of ether oxygens (including phenoxy) is 3. The van der Waals surface area contributed by atoms with E-state index in [-0.39, 0.29) is 24.3 Å². The molecule has 0 spiro atoms. The van der Waals surface area contributed by atoms with Gasteiger partial charge in [0, 0.05) is 12.8 Å². The van der Waals surface area contributed by atoms with Gasteiger partial charge in [0.2, 0.25) is 17.7 Å². The first-order chi connectivity index (χ1) is 8.56. The molecule has 1 aliphatic heterocycles. The van der Waals surface area contributed by atoms with E-state index in [1.807, 2.05) is 13.8 Å². The van der Waals surface area contributed by atoms with Crippen LogP contribution in [0.5, 0.6) is 11.8 Å². The molecule has 1 fully saturated rings. The normalized spacial score (nSPS) is 27.8. The highest BCUT2D eigenvalue weighted by Gasteiger charge is 2.26. The van der Waals surface area contributed by atoms with Crippen molar-refractivity contribution in [3.63, 3.8) is 0 Å². The number of hydrogen-bond donors (Lipinski definition) is 1. The molecule has 0 amide bonds. The summed E-state index contributed by atoms with van der Waals surface area (Å²) in [7, 11) is 1.53. The second-order valence-corrected chi connectivity index (χ2v) is 4.58. The minimum atomic E-state index is 0.0859. The number of nitrogens with two attached hydrogens (primary N) is 1. The molecule has 6 heteroatoms. The third kappa shape index (κ3) is 3.22. The Morgan fingerprint density at radius 3 is 2.44 bits per heavy atom. The van der Waals surface area contributed by atoms with Gasteiger partial charge < -0.3 is 19.9 Å². The number of anilines is 1. The van der Waals surface area contributed by atoms with E-state index in [0.29, 0.717) is 11.8 Å². The molecule has 0 aromatic carbocycles. The van der Waals surface area contributed by atoms with Crippen LogP contribution in [0.15, 0.2) is 6.07 Å². The molecule has 100 valence electrons. The lowest BCUT2D eigenvalue weighted by atomic mass is 10.0. The Hall–Kier alpha value is -1.56. The minimum Gasteiger partial charge on any atom is -0.481 e. The van der Waals surface area contributed by atoms with Crippen molar-refractivity contribution in [2.75, 3.05) is 12.8 Å². The molecule has 0 radical (unpaired) electrons. The van der Waals surface area contributed by atoms with Gasteiger partial charge >= 0.3 is 0 Å². The molecule has 2 atom stereocenters. The zero-order valence-corrected chi connectivity index (χ0v) is 10.9. The minimum absolute atomic E-state index is 0.0859. The second-order valence-electron chi connectivity index (χ2n) is 4.58. The maximum Gasteiger partial charge on any atom is 0.226 e. The summed E-state index contributed by atoms with van der Waals surface area (Å²) >= 11 is 0. The second kappa shape index (κ2) is 5.39. The zero-order chi connectivity index (χ0) is 13.1. The number of hydrogen-bond acceptors (Lipinski definition) is 6. The highest BCUT2D eigenvalue weighted by atomic mass is 16.5. The summed E-state index contributed by atoms with van der Waals surface area (Å²) < 4.78 is 16.5. The van der Waals surface area contributed by atoms with Gasteiger partial charge in [-0.3, -0.25) is 0 Å². The van der Waals surface area contributed by atoms with Gasteiger partial charge in [-0.2, -0.15) is 9.97 Å². The quantitative estimate of drug-likeness (QED) is 0.877. The summed E-state index contributed by atoms with van der Waals surface area (Å²) in [6, 6.07) is 1.64. The summed E-state index contributed by atoms with van der Waals surface area (Å²) in [5.41, 5.74) is 5.59. The average Bonchev–Trinajstić information content (AvgIpc) is 2.26. The Balaban J connectivity index is 2.06. The number of aromatic nitrogens is 2. The van der Waals surface area contributed by atoms with Gasteiger partial charge in [0.05, 0.1) is 25.4 Å². The molecule has 2 heterocycles. The van der Waals surface area contributed by atoms with Crippen LogP contribution >= 0.6 is 0 Å². The molecule has 18 heavy (non-hydrogen) atoms. The molecule has 1 saturated heterocycles. The van der Waals surface area contributed by atoms with E-state index < -0.39 is 0 Å². The molecule has 1 aromatic heterocycles. The number of rotatable bonds is 3. The molecular formula is C12H19N3O3. The highest BCUT2D eigenvalue weighted by molar-refractivity contribution is 5.29. The number of methoxy groups -OCH3 is 1. The highest BCUT2D eigenvalue weighted by Crippen LogP contribution is 2.25. The van der Waals surface area contributed by atoms with E-state index in [4.69, 9.17) is 19.9 Å². The summed E-state index contributed by atoms with van der Waals surface area (Å²) in [6.45, 7) is 4.09. The fourth-order valence-electron chi connectivity index (χ4n) is 2.20. The fourth-order valence-corrected chi connectivity index (χ4v) is 2.20. The van der Waals surface area contributed by atoms with E-state index in [2.05, 4.69) is 9.97 Å². The number of nitrogens with zero attached hydrogens (tertiary/aromatic N) is 2. The van der Waals surface area contributed by atoms with Gasteiger partial charge in [-0.15, -0.1) is 0 Å². The lowest BCUT2D eigenvalue weighted by Gasteiger charge is -2.31. The van der Waals surface area contributed by atoms with E-state index in [9.17, 15) is 0 Å². The molecule has 2 N–H and O–H groups in total. The Labute approximate surface area is 106 Å². The SMILES string of the molecule is COc1cc(OC2CC(C)OC(C)C2)nc(N)n1. The molecule has 1 aromatic rings. The van der Waals surface area contributed by atoms with Crippen LogP contribution in [0.25, 0.3) is 0 Å². The van der Waals surface area contributed by atoms with Gasteiger partial charge in [-0.1, -0.05) is 0 Å².